The van der Waals surface area contributed by atoms with Crippen LogP contribution < -0.4 is 16.0 Å². The minimum absolute atomic E-state index is 0.0138. The molecule has 2 aromatic rings. The maximum absolute atomic E-state index is 17.0. The molecule has 4 aliphatic rings. The molecule has 2 aliphatic heterocycles. The van der Waals surface area contributed by atoms with Crippen LogP contribution in [-0.4, -0.2) is 61.1 Å². The highest BCUT2D eigenvalue weighted by Crippen LogP contribution is 2.46. The standard InChI is InChI=1S/C36H42F3N5O2/c1-6-26-29(37)9-8-24-14-25(45)15-28(31(24)26)32-30(38)16-27(21(2)44-13-7-10-36(19-44)18-41-22(3)43-36)34(33(32)39)42-23(4)46-20-35(11-12-35)17-40-5/h8-9,14-16,40-41,43,45H,3-4,6-7,10-13,17-20H2,1-2,5H3/b27-21+,42-34+. The van der Waals surface area contributed by atoms with Gasteiger partial charge >= 0.3 is 0 Å². The minimum Gasteiger partial charge on any atom is -0.508 e. The SMILES string of the molecule is C=C1NCC2(CCCN(/C(C)=C3\C=C(F)C(c4cc(O)cc5ccc(F)c(CC)c45)=C(F)\C3=N\C(=C)OCC3(CNC)CC3)C2)N1. The summed E-state index contributed by atoms with van der Waals surface area (Å²) >= 11 is 0. The lowest BCUT2D eigenvalue weighted by Gasteiger charge is -2.42. The summed E-state index contributed by atoms with van der Waals surface area (Å²) in [5.74, 6) is -1.68. The molecular weight excluding hydrogens is 591 g/mol. The Kier molecular flexibility index (Phi) is 8.43. The molecule has 0 amide bonds. The molecule has 0 aromatic heterocycles. The second-order valence-corrected chi connectivity index (χ2v) is 13.1. The summed E-state index contributed by atoms with van der Waals surface area (Å²) in [7, 11) is 1.89. The van der Waals surface area contributed by atoms with E-state index in [1.807, 2.05) is 14.0 Å². The maximum Gasteiger partial charge on any atom is 0.206 e. The van der Waals surface area contributed by atoms with E-state index >= 15 is 13.2 Å². The van der Waals surface area contributed by atoms with Crippen LogP contribution in [0, 0.1) is 11.2 Å². The first-order valence-corrected chi connectivity index (χ1v) is 15.9. The predicted molar refractivity (Wildman–Crippen MR) is 177 cm³/mol. The molecule has 0 radical (unpaired) electrons. The molecule has 244 valence electrons. The fourth-order valence-corrected chi connectivity index (χ4v) is 7.12. The van der Waals surface area contributed by atoms with E-state index in [4.69, 9.17) is 4.74 Å². The molecule has 0 bridgehead atoms. The number of phenols is 1. The van der Waals surface area contributed by atoms with Crippen LogP contribution in [0.5, 0.6) is 5.75 Å². The number of fused-ring (bicyclic) bond motifs is 1. The zero-order valence-corrected chi connectivity index (χ0v) is 26.8. The molecule has 1 saturated carbocycles. The number of hydrogen-bond donors (Lipinski definition) is 4. The number of nitrogens with one attached hydrogen (secondary N) is 3. The van der Waals surface area contributed by atoms with Crippen molar-refractivity contribution in [2.75, 3.05) is 39.8 Å². The Hall–Kier alpha value is -4.18. The van der Waals surface area contributed by atoms with Gasteiger partial charge in [-0.25, -0.2) is 18.2 Å². The number of benzene rings is 2. The van der Waals surface area contributed by atoms with Crippen molar-refractivity contribution in [3.63, 3.8) is 0 Å². The maximum atomic E-state index is 17.0. The average molecular weight is 634 g/mol. The number of aryl methyl sites for hydroxylation is 1. The number of rotatable bonds is 9. The monoisotopic (exact) mass is 633 g/mol. The number of phenolic OH excluding ortho intramolecular Hbond substituents is 1. The lowest BCUT2D eigenvalue weighted by molar-refractivity contribution is 0.152. The van der Waals surface area contributed by atoms with E-state index in [0.717, 1.165) is 38.0 Å². The summed E-state index contributed by atoms with van der Waals surface area (Å²) < 4.78 is 54.4. The van der Waals surface area contributed by atoms with Crippen molar-refractivity contribution in [1.29, 1.82) is 0 Å². The third-order valence-electron chi connectivity index (χ3n) is 9.76. The van der Waals surface area contributed by atoms with E-state index in [2.05, 4.69) is 39.0 Å². The van der Waals surface area contributed by atoms with E-state index in [0.29, 0.717) is 48.3 Å². The normalized spacial score (nSPS) is 24.3. The first-order valence-electron chi connectivity index (χ1n) is 15.9. The van der Waals surface area contributed by atoms with E-state index in [1.165, 1.54) is 30.3 Å². The van der Waals surface area contributed by atoms with Crippen molar-refractivity contribution in [3.8, 4) is 5.75 Å². The van der Waals surface area contributed by atoms with E-state index in [1.54, 1.807) is 6.92 Å². The fraction of sp³-hybridized carbons (Fsp3) is 0.417. The number of hydrogen-bond acceptors (Lipinski definition) is 7. The van der Waals surface area contributed by atoms with Crippen molar-refractivity contribution in [2.45, 2.75) is 51.5 Å². The quantitative estimate of drug-likeness (QED) is 0.236. The van der Waals surface area contributed by atoms with Gasteiger partial charge in [0.15, 0.2) is 5.83 Å². The Labute approximate surface area is 268 Å². The topological polar surface area (TPSA) is 81.2 Å². The van der Waals surface area contributed by atoms with Crippen LogP contribution in [0.2, 0.25) is 0 Å². The van der Waals surface area contributed by atoms with Crippen LogP contribution in [0.25, 0.3) is 16.3 Å². The molecule has 3 fully saturated rings. The van der Waals surface area contributed by atoms with Gasteiger partial charge in [-0.3, -0.25) is 0 Å². The first kappa shape index (κ1) is 31.8. The van der Waals surface area contributed by atoms with Gasteiger partial charge < -0.3 is 30.7 Å². The van der Waals surface area contributed by atoms with Gasteiger partial charge in [-0.1, -0.05) is 19.6 Å². The Morgan fingerprint density at radius 3 is 2.65 bits per heavy atom. The Morgan fingerprint density at radius 2 is 1.98 bits per heavy atom. The zero-order chi connectivity index (χ0) is 32.8. The van der Waals surface area contributed by atoms with Gasteiger partial charge in [0.2, 0.25) is 5.88 Å². The van der Waals surface area contributed by atoms with Crippen LogP contribution in [0.15, 0.2) is 83.1 Å². The van der Waals surface area contributed by atoms with Crippen molar-refractivity contribution in [1.82, 2.24) is 20.9 Å². The largest absolute Gasteiger partial charge is 0.508 e. The Bertz CT molecular complexity index is 1740. The van der Waals surface area contributed by atoms with Gasteiger partial charge in [0.25, 0.3) is 0 Å². The molecule has 1 atom stereocenters. The van der Waals surface area contributed by atoms with Crippen LogP contribution in [0.1, 0.15) is 50.7 Å². The van der Waals surface area contributed by atoms with Crippen molar-refractivity contribution < 1.29 is 23.0 Å². The second-order valence-electron chi connectivity index (χ2n) is 13.1. The molecule has 2 heterocycles. The van der Waals surface area contributed by atoms with Crippen LogP contribution in [-0.2, 0) is 11.2 Å². The van der Waals surface area contributed by atoms with E-state index in [-0.39, 0.29) is 45.9 Å². The number of aromatic hydroxyl groups is 1. The number of aliphatic imine (C=N–C) groups is 1. The van der Waals surface area contributed by atoms with Gasteiger partial charge in [0, 0.05) is 42.9 Å². The first-order chi connectivity index (χ1) is 22.0. The Balaban J connectivity index is 1.47. The smallest absolute Gasteiger partial charge is 0.206 e. The second kappa shape index (κ2) is 12.2. The van der Waals surface area contributed by atoms with E-state index in [9.17, 15) is 5.11 Å². The van der Waals surface area contributed by atoms with Crippen molar-refractivity contribution in [2.24, 2.45) is 10.4 Å². The van der Waals surface area contributed by atoms with Gasteiger partial charge in [-0.2, -0.15) is 0 Å². The lowest BCUT2D eigenvalue weighted by atomic mass is 9.86. The van der Waals surface area contributed by atoms with Crippen molar-refractivity contribution >= 4 is 22.1 Å². The van der Waals surface area contributed by atoms with Crippen LogP contribution in [0.4, 0.5) is 13.2 Å². The van der Waals surface area contributed by atoms with Crippen molar-refractivity contribution in [3.05, 3.63) is 95.1 Å². The summed E-state index contributed by atoms with van der Waals surface area (Å²) in [6.45, 7) is 14.8. The molecule has 1 spiro atoms. The molecular formula is C36H42F3N5O2. The highest BCUT2D eigenvalue weighted by molar-refractivity contribution is 6.22. The van der Waals surface area contributed by atoms with Crippen LogP contribution in [0.3, 0.4) is 0 Å². The summed E-state index contributed by atoms with van der Waals surface area (Å²) in [5, 5.41) is 21.3. The molecule has 46 heavy (non-hydrogen) atoms. The zero-order valence-electron chi connectivity index (χ0n) is 26.8. The highest BCUT2D eigenvalue weighted by Gasteiger charge is 2.43. The van der Waals surface area contributed by atoms with Gasteiger partial charge in [0.05, 0.1) is 23.5 Å². The number of nitrogens with zero attached hydrogens (tertiary/aromatic N) is 2. The number of piperidine rings is 1. The van der Waals surface area contributed by atoms with Gasteiger partial charge in [-0.15, -0.1) is 0 Å². The van der Waals surface area contributed by atoms with Gasteiger partial charge in [0.1, 0.15) is 23.1 Å². The third kappa shape index (κ3) is 5.90. The summed E-state index contributed by atoms with van der Waals surface area (Å²) in [6, 6.07) is 5.55. The lowest BCUT2D eigenvalue weighted by Crippen LogP contribution is -2.55. The average Bonchev–Trinajstić information content (AvgIpc) is 3.71. The molecule has 6 rings (SSSR count). The van der Waals surface area contributed by atoms with Crippen LogP contribution >= 0.6 is 0 Å². The molecule has 4 N–H and O–H groups in total. The fourth-order valence-electron chi connectivity index (χ4n) is 7.12. The summed E-state index contributed by atoms with van der Waals surface area (Å²) in [4.78, 5) is 6.67. The molecule has 10 heteroatoms. The van der Waals surface area contributed by atoms with Gasteiger partial charge in [-0.05, 0) is 98.8 Å². The Morgan fingerprint density at radius 1 is 1.20 bits per heavy atom. The highest BCUT2D eigenvalue weighted by atomic mass is 19.1. The predicted octanol–water partition coefficient (Wildman–Crippen LogP) is 6.50. The molecule has 2 aliphatic carbocycles. The molecule has 7 nitrogen and oxygen atoms in total. The summed E-state index contributed by atoms with van der Waals surface area (Å²) in [6.07, 6.45) is 5.38. The minimum atomic E-state index is -0.936. The number of allylic oxidation sites excluding steroid dienone is 6. The van der Waals surface area contributed by atoms with E-state index < -0.39 is 23.0 Å². The number of halogens is 3. The molecule has 2 aromatic carbocycles. The number of ether oxygens (including phenoxy) is 1. The molecule has 2 saturated heterocycles. The third-order valence-corrected chi connectivity index (χ3v) is 9.76. The molecule has 1 unspecified atom stereocenters. The summed E-state index contributed by atoms with van der Waals surface area (Å²) in [5.41, 5.74) is 0.510. The number of likely N-dealkylation sites (tertiary alicyclic amines) is 1.